The molecule has 41 heavy (non-hydrogen) atoms. The highest BCUT2D eigenvalue weighted by Crippen LogP contribution is 2.59. The highest BCUT2D eigenvalue weighted by atomic mass is 31.2. The van der Waals surface area contributed by atoms with E-state index in [2.05, 4.69) is 60.4 Å². The van der Waals surface area contributed by atoms with Crippen molar-refractivity contribution in [1.82, 2.24) is 5.32 Å². The van der Waals surface area contributed by atoms with Crippen molar-refractivity contribution in [3.63, 3.8) is 0 Å². The molecule has 0 bridgehead atoms. The van der Waals surface area contributed by atoms with E-state index in [0.29, 0.717) is 29.6 Å². The molecule has 0 aromatic carbocycles. The van der Waals surface area contributed by atoms with Crippen LogP contribution in [0.3, 0.4) is 0 Å². The maximum absolute atomic E-state index is 13.9. The summed E-state index contributed by atoms with van der Waals surface area (Å²) in [7, 11) is 1.58. The zero-order valence-corrected chi connectivity index (χ0v) is 29.7. The number of likely N-dealkylation sites (N-methyl/N-ethyl adjacent to an activating group) is 1. The minimum absolute atomic E-state index is 0.0595. The first-order valence-electron chi connectivity index (χ1n) is 14.5. The molecule has 0 aliphatic rings. The lowest BCUT2D eigenvalue weighted by Gasteiger charge is -2.55. The number of nitrogens with one attached hydrogen (secondary N) is 1. The number of carbonyl (C=O) groups excluding carboxylic acids is 2. The molecule has 0 spiro atoms. The molecule has 0 saturated heterocycles. The Hall–Kier alpha value is -1.25. The number of ether oxygens (including phenoxy) is 1. The fourth-order valence-electron chi connectivity index (χ4n) is 5.12. The van der Waals surface area contributed by atoms with Crippen LogP contribution in [-0.2, 0) is 27.9 Å². The van der Waals surface area contributed by atoms with Crippen molar-refractivity contribution in [2.75, 3.05) is 47.5 Å². The molecule has 0 aromatic heterocycles. The molecule has 0 aromatic rings. The minimum atomic E-state index is -4.27. The summed E-state index contributed by atoms with van der Waals surface area (Å²) in [6.07, 6.45) is 1.07. The predicted octanol–water partition coefficient (Wildman–Crippen LogP) is 6.57. The number of phosphoric ester groups is 1. The van der Waals surface area contributed by atoms with Gasteiger partial charge >= 0.3 is 13.8 Å². The Morgan fingerprint density at radius 1 is 0.902 bits per heavy atom. The van der Waals surface area contributed by atoms with Crippen LogP contribution in [0.25, 0.3) is 0 Å². The Bertz CT molecular complexity index is 955. The van der Waals surface area contributed by atoms with E-state index in [4.69, 9.17) is 13.8 Å². The van der Waals surface area contributed by atoms with Gasteiger partial charge in [-0.05, 0) is 48.3 Å². The largest absolute Gasteiger partial charge is 0.472 e. The first-order valence-corrected chi connectivity index (χ1v) is 16.0. The predicted molar refractivity (Wildman–Crippen MR) is 166 cm³/mol. The van der Waals surface area contributed by atoms with E-state index in [1.54, 1.807) is 6.92 Å². The summed E-state index contributed by atoms with van der Waals surface area (Å²) in [6.45, 7) is 28.4. The van der Waals surface area contributed by atoms with Crippen LogP contribution in [0.5, 0.6) is 0 Å². The van der Waals surface area contributed by atoms with E-state index in [1.165, 1.54) is 0 Å². The van der Waals surface area contributed by atoms with Crippen molar-refractivity contribution in [3.05, 3.63) is 12.3 Å². The van der Waals surface area contributed by atoms with E-state index in [1.807, 2.05) is 48.8 Å². The highest BCUT2D eigenvalue weighted by Gasteiger charge is 2.57. The summed E-state index contributed by atoms with van der Waals surface area (Å²) < 4.78 is 28.6. The van der Waals surface area contributed by atoms with Crippen LogP contribution in [0, 0.1) is 33.0 Å². The topological polar surface area (TPSA) is 111 Å². The van der Waals surface area contributed by atoms with Gasteiger partial charge in [0.25, 0.3) is 0 Å². The van der Waals surface area contributed by atoms with Gasteiger partial charge in [-0.3, -0.25) is 18.6 Å². The monoisotopic (exact) mass is 605 g/mol. The Kier molecular flexibility index (Phi) is 13.6. The van der Waals surface area contributed by atoms with Crippen LogP contribution < -0.4 is 5.32 Å². The number of rotatable bonds is 16. The number of carbonyl (C=O) groups is 2. The Morgan fingerprint density at radius 2 is 1.39 bits per heavy atom. The van der Waals surface area contributed by atoms with Crippen molar-refractivity contribution >= 4 is 19.7 Å². The molecule has 10 heteroatoms. The third-order valence-corrected chi connectivity index (χ3v) is 9.42. The van der Waals surface area contributed by atoms with Gasteiger partial charge in [-0.2, -0.15) is 0 Å². The van der Waals surface area contributed by atoms with Crippen molar-refractivity contribution < 1.29 is 37.3 Å². The van der Waals surface area contributed by atoms with E-state index < -0.39 is 30.0 Å². The van der Waals surface area contributed by atoms with Gasteiger partial charge < -0.3 is 19.4 Å². The van der Waals surface area contributed by atoms with E-state index in [0.717, 1.165) is 0 Å². The second kappa shape index (κ2) is 14.0. The molecular weight excluding hydrogens is 543 g/mol. The molecule has 0 heterocycles. The summed E-state index contributed by atoms with van der Waals surface area (Å²) in [4.78, 5) is 37.1. The quantitative estimate of drug-likeness (QED) is 0.0886. The number of nitrogens with zero attached hydrogens (tertiary/aromatic N) is 1. The normalized spacial score (nSPS) is 17.3. The molecule has 3 atom stereocenters. The summed E-state index contributed by atoms with van der Waals surface area (Å²) in [5, 5.41) is 2.90. The fraction of sp³-hybridized carbons (Fsp3) is 0.871. The number of amides is 1. The lowest BCUT2D eigenvalue weighted by Crippen LogP contribution is -2.54. The molecule has 0 aliphatic heterocycles. The summed E-state index contributed by atoms with van der Waals surface area (Å²) in [5.41, 5.74) is -2.00. The van der Waals surface area contributed by atoms with Gasteiger partial charge in [0.1, 0.15) is 19.8 Å². The average Bonchev–Trinajstić information content (AvgIpc) is 2.70. The van der Waals surface area contributed by atoms with E-state index in [9.17, 15) is 19.0 Å². The van der Waals surface area contributed by atoms with Gasteiger partial charge in [0.05, 0.1) is 33.2 Å². The molecule has 0 saturated carbocycles. The number of phosphoric acid groups is 1. The van der Waals surface area contributed by atoms with Crippen LogP contribution in [-0.4, -0.2) is 68.8 Å². The molecule has 0 rings (SSSR count). The lowest BCUT2D eigenvalue weighted by atomic mass is 9.49. The van der Waals surface area contributed by atoms with E-state index >= 15 is 0 Å². The molecule has 0 radical (unpaired) electrons. The van der Waals surface area contributed by atoms with Crippen molar-refractivity contribution in [2.45, 2.75) is 95.9 Å². The SMILES string of the molecule is C=C(C)NC(=O)C(CC(C)(C)C(C)(C)C(C)(CC(C)(C)C)C(=O)OCCOP(=O)(O)OCC[N+](C)(C)C)C(C)(C)C. The summed E-state index contributed by atoms with van der Waals surface area (Å²) in [5.74, 6) is -0.817. The van der Waals surface area contributed by atoms with Gasteiger partial charge in [-0.1, -0.05) is 75.8 Å². The maximum atomic E-state index is 13.9. The maximum Gasteiger partial charge on any atom is 0.472 e. The zero-order valence-electron chi connectivity index (χ0n) is 28.8. The lowest BCUT2D eigenvalue weighted by molar-refractivity contribution is -0.870. The van der Waals surface area contributed by atoms with Crippen molar-refractivity contribution in [1.29, 1.82) is 0 Å². The van der Waals surface area contributed by atoms with E-state index in [-0.39, 0.29) is 42.5 Å². The molecule has 0 aliphatic carbocycles. The van der Waals surface area contributed by atoms with Crippen LogP contribution in [0.15, 0.2) is 12.3 Å². The number of hydrogen-bond donors (Lipinski definition) is 2. The van der Waals surface area contributed by atoms with Gasteiger partial charge in [-0.15, -0.1) is 0 Å². The summed E-state index contributed by atoms with van der Waals surface area (Å²) >= 11 is 0. The third-order valence-electron chi connectivity index (χ3n) is 8.41. The molecular formula is C31H62N2O7P+. The first kappa shape index (κ1) is 39.8. The smallest absolute Gasteiger partial charge is 0.463 e. The zero-order chi connectivity index (χ0) is 32.9. The van der Waals surface area contributed by atoms with Crippen molar-refractivity contribution in [3.8, 4) is 0 Å². The number of hydrogen-bond acceptors (Lipinski definition) is 6. The van der Waals surface area contributed by atoms with Crippen LogP contribution in [0.2, 0.25) is 0 Å². The Balaban J connectivity index is 5.93. The second-order valence-corrected chi connectivity index (χ2v) is 17.7. The number of quaternary nitrogens is 1. The number of allylic oxidation sites excluding steroid dienone is 1. The molecule has 9 nitrogen and oxygen atoms in total. The van der Waals surface area contributed by atoms with Gasteiger partial charge in [0.2, 0.25) is 5.91 Å². The molecule has 2 N–H and O–H groups in total. The standard InChI is InChI=1S/C31H61N2O7P/c1-23(2)32-25(34)24(28(6,7)8)21-29(9,10)30(11,12)31(13,22-27(3,4)5)26(35)38-19-20-40-41(36,37)39-18-17-33(14,15)16/h24H,1,17-22H2,2-16H3,(H-,32,34,36,37)/p+1. The van der Waals surface area contributed by atoms with Gasteiger partial charge in [0, 0.05) is 11.6 Å². The second-order valence-electron chi connectivity index (χ2n) is 16.3. The van der Waals surface area contributed by atoms with Crippen LogP contribution >= 0.6 is 7.82 Å². The highest BCUT2D eigenvalue weighted by molar-refractivity contribution is 7.47. The Morgan fingerprint density at radius 3 is 1.80 bits per heavy atom. The minimum Gasteiger partial charge on any atom is -0.463 e. The van der Waals surface area contributed by atoms with Gasteiger partial charge in [0.15, 0.2) is 0 Å². The fourth-order valence-corrected chi connectivity index (χ4v) is 5.82. The number of esters is 1. The molecule has 0 fully saturated rings. The first-order chi connectivity index (χ1) is 18.0. The van der Waals surface area contributed by atoms with Crippen LogP contribution in [0.1, 0.15) is 95.9 Å². The molecule has 3 unspecified atom stereocenters. The van der Waals surface area contributed by atoms with Crippen molar-refractivity contribution in [2.24, 2.45) is 33.0 Å². The third kappa shape index (κ3) is 12.9. The molecule has 242 valence electrons. The van der Waals surface area contributed by atoms with Gasteiger partial charge in [-0.25, -0.2) is 4.57 Å². The van der Waals surface area contributed by atoms with Crippen LogP contribution in [0.4, 0.5) is 0 Å². The average molecular weight is 606 g/mol. The Labute approximate surface area is 251 Å². The molecule has 1 amide bonds. The summed E-state index contributed by atoms with van der Waals surface area (Å²) in [6, 6.07) is 0.